The summed E-state index contributed by atoms with van der Waals surface area (Å²) in [5.41, 5.74) is 0. The van der Waals surface area contributed by atoms with Crippen LogP contribution in [0.2, 0.25) is 0 Å². The van der Waals surface area contributed by atoms with Crippen molar-refractivity contribution >= 4 is 5.91 Å². The molecule has 0 aromatic heterocycles. The zero-order valence-electron chi connectivity index (χ0n) is 18.6. The van der Waals surface area contributed by atoms with Crippen LogP contribution in [-0.4, -0.2) is 73.2 Å². The van der Waals surface area contributed by atoms with Gasteiger partial charge in [0.1, 0.15) is 0 Å². The van der Waals surface area contributed by atoms with E-state index >= 15 is 0 Å². The summed E-state index contributed by atoms with van der Waals surface area (Å²) in [6.07, 6.45) is 16.3. The van der Waals surface area contributed by atoms with Crippen molar-refractivity contribution in [2.24, 2.45) is 0 Å². The molecule has 28 heavy (non-hydrogen) atoms. The van der Waals surface area contributed by atoms with Crippen LogP contribution in [0.5, 0.6) is 0 Å². The highest BCUT2D eigenvalue weighted by molar-refractivity contribution is 5.75. The number of carbonyl (C=O) groups excluding carboxylic acids is 1. The maximum absolute atomic E-state index is 11.9. The minimum absolute atomic E-state index is 0.226. The quantitative estimate of drug-likeness (QED) is 0.345. The van der Waals surface area contributed by atoms with Crippen LogP contribution < -0.4 is 5.32 Å². The first-order valence-electron chi connectivity index (χ1n) is 12.1. The van der Waals surface area contributed by atoms with Crippen LogP contribution in [0, 0.1) is 0 Å². The second-order valence-electron chi connectivity index (χ2n) is 8.40. The molecule has 166 valence electrons. The third-order valence-corrected chi connectivity index (χ3v) is 5.86. The average Bonchev–Trinajstić information content (AvgIpc) is 2.71. The third-order valence-electron chi connectivity index (χ3n) is 5.86. The molecule has 1 saturated heterocycles. The van der Waals surface area contributed by atoms with Crippen molar-refractivity contribution in [1.82, 2.24) is 15.1 Å². The van der Waals surface area contributed by atoms with Gasteiger partial charge in [-0.1, -0.05) is 71.1 Å². The minimum atomic E-state index is 0.226. The fourth-order valence-electron chi connectivity index (χ4n) is 3.95. The summed E-state index contributed by atoms with van der Waals surface area (Å²) in [5, 5.41) is 12.1. The van der Waals surface area contributed by atoms with Gasteiger partial charge in [0.2, 0.25) is 5.91 Å². The van der Waals surface area contributed by atoms with Gasteiger partial charge in [-0.15, -0.1) is 0 Å². The predicted octanol–water partition coefficient (Wildman–Crippen LogP) is 3.80. The molecule has 0 aromatic rings. The number of carbonyl (C=O) groups is 1. The Kier molecular flexibility index (Phi) is 16.7. The highest BCUT2D eigenvalue weighted by Crippen LogP contribution is 2.11. The van der Waals surface area contributed by atoms with E-state index < -0.39 is 0 Å². The number of aliphatic hydroxyl groups is 1. The smallest absolute Gasteiger partial charge is 0.219 e. The number of rotatable bonds is 18. The Morgan fingerprint density at radius 3 is 1.79 bits per heavy atom. The lowest BCUT2D eigenvalue weighted by Crippen LogP contribution is -2.47. The molecule has 1 heterocycles. The Labute approximate surface area is 174 Å². The first-order valence-corrected chi connectivity index (χ1v) is 12.1. The van der Waals surface area contributed by atoms with E-state index in [-0.39, 0.29) is 12.5 Å². The fourth-order valence-corrected chi connectivity index (χ4v) is 3.95. The molecule has 1 aliphatic heterocycles. The van der Waals surface area contributed by atoms with Gasteiger partial charge in [-0.05, 0) is 19.4 Å². The number of aliphatic hydroxyl groups excluding tert-OH is 1. The van der Waals surface area contributed by atoms with Gasteiger partial charge in [0.15, 0.2) is 0 Å². The number of piperazine rings is 1. The van der Waals surface area contributed by atoms with Gasteiger partial charge >= 0.3 is 0 Å². The molecule has 5 nitrogen and oxygen atoms in total. The fraction of sp³-hybridized carbons (Fsp3) is 0.957. The summed E-state index contributed by atoms with van der Waals surface area (Å²) in [7, 11) is 0. The van der Waals surface area contributed by atoms with Crippen molar-refractivity contribution in [2.75, 3.05) is 52.4 Å². The lowest BCUT2D eigenvalue weighted by Gasteiger charge is -2.34. The van der Waals surface area contributed by atoms with Gasteiger partial charge in [-0.3, -0.25) is 9.69 Å². The molecule has 1 amide bonds. The average molecular weight is 398 g/mol. The molecular formula is C23H47N3O2. The lowest BCUT2D eigenvalue weighted by atomic mass is 10.1. The number of nitrogens with one attached hydrogen (secondary N) is 1. The van der Waals surface area contributed by atoms with Crippen molar-refractivity contribution in [3.05, 3.63) is 0 Å². The molecular weight excluding hydrogens is 350 g/mol. The van der Waals surface area contributed by atoms with Gasteiger partial charge < -0.3 is 15.3 Å². The summed E-state index contributed by atoms with van der Waals surface area (Å²) in [6.45, 7) is 9.43. The van der Waals surface area contributed by atoms with E-state index in [0.29, 0.717) is 6.42 Å². The first-order chi connectivity index (χ1) is 13.8. The van der Waals surface area contributed by atoms with Crippen LogP contribution in [0.25, 0.3) is 0 Å². The van der Waals surface area contributed by atoms with Crippen LogP contribution in [0.15, 0.2) is 0 Å². The normalized spacial score (nSPS) is 15.8. The largest absolute Gasteiger partial charge is 0.395 e. The van der Waals surface area contributed by atoms with Crippen molar-refractivity contribution in [3.8, 4) is 0 Å². The standard InChI is InChI=1S/C23H47N3O2/c1-2-3-4-5-6-7-8-9-10-11-12-14-23(28)24-15-13-16-25-17-19-26(20-18-25)21-22-27/h27H,2-22H2,1H3,(H,24,28). The van der Waals surface area contributed by atoms with E-state index in [2.05, 4.69) is 22.0 Å². The number of amides is 1. The first kappa shape index (κ1) is 25.4. The van der Waals surface area contributed by atoms with Gasteiger partial charge in [0.05, 0.1) is 6.61 Å². The van der Waals surface area contributed by atoms with Gasteiger partial charge in [-0.25, -0.2) is 0 Å². The van der Waals surface area contributed by atoms with E-state index in [0.717, 1.165) is 58.7 Å². The molecule has 0 spiro atoms. The van der Waals surface area contributed by atoms with Crippen LogP contribution in [0.4, 0.5) is 0 Å². The third kappa shape index (κ3) is 14.4. The van der Waals surface area contributed by atoms with E-state index in [9.17, 15) is 4.79 Å². The summed E-state index contributed by atoms with van der Waals surface area (Å²) in [5.74, 6) is 0.226. The molecule has 0 aromatic carbocycles. The second kappa shape index (κ2) is 18.4. The lowest BCUT2D eigenvalue weighted by molar-refractivity contribution is -0.121. The number of unbranched alkanes of at least 4 members (excludes halogenated alkanes) is 10. The van der Waals surface area contributed by atoms with Gasteiger partial charge in [-0.2, -0.15) is 0 Å². The molecule has 0 radical (unpaired) electrons. The number of hydrogen-bond donors (Lipinski definition) is 2. The van der Waals surface area contributed by atoms with Crippen LogP contribution in [-0.2, 0) is 4.79 Å². The van der Waals surface area contributed by atoms with Crippen molar-refractivity contribution in [3.63, 3.8) is 0 Å². The highest BCUT2D eigenvalue weighted by Gasteiger charge is 2.15. The van der Waals surface area contributed by atoms with Gasteiger partial charge in [0.25, 0.3) is 0 Å². The second-order valence-corrected chi connectivity index (χ2v) is 8.40. The Bertz CT molecular complexity index is 358. The minimum Gasteiger partial charge on any atom is -0.395 e. The summed E-state index contributed by atoms with van der Waals surface area (Å²) in [4.78, 5) is 16.7. The van der Waals surface area contributed by atoms with Crippen molar-refractivity contribution < 1.29 is 9.90 Å². The molecule has 0 bridgehead atoms. The van der Waals surface area contributed by atoms with Crippen LogP contribution in [0.3, 0.4) is 0 Å². The van der Waals surface area contributed by atoms with Crippen molar-refractivity contribution in [2.45, 2.75) is 90.4 Å². The van der Waals surface area contributed by atoms with Crippen LogP contribution in [0.1, 0.15) is 90.4 Å². The zero-order valence-corrected chi connectivity index (χ0v) is 18.6. The highest BCUT2D eigenvalue weighted by atomic mass is 16.3. The molecule has 0 atom stereocenters. The number of hydrogen-bond acceptors (Lipinski definition) is 4. The number of β-amino-alcohol motifs (C(OH)–C–C–N with tert-alkyl or cyclic N) is 1. The zero-order chi connectivity index (χ0) is 20.3. The molecule has 0 saturated carbocycles. The number of nitrogens with zero attached hydrogens (tertiary/aromatic N) is 2. The molecule has 1 fully saturated rings. The summed E-state index contributed by atoms with van der Waals surface area (Å²) >= 11 is 0. The molecule has 2 N–H and O–H groups in total. The Balaban J connectivity index is 1.81. The van der Waals surface area contributed by atoms with E-state index in [4.69, 9.17) is 5.11 Å². The van der Waals surface area contributed by atoms with E-state index in [1.54, 1.807) is 0 Å². The molecule has 5 heteroatoms. The Morgan fingerprint density at radius 2 is 1.25 bits per heavy atom. The van der Waals surface area contributed by atoms with E-state index in [1.807, 2.05) is 0 Å². The maximum atomic E-state index is 11.9. The Hall–Kier alpha value is -0.650. The Morgan fingerprint density at radius 1 is 0.750 bits per heavy atom. The molecule has 0 unspecified atom stereocenters. The van der Waals surface area contributed by atoms with E-state index in [1.165, 1.54) is 64.2 Å². The van der Waals surface area contributed by atoms with Gasteiger partial charge in [0, 0.05) is 45.7 Å². The molecule has 0 aliphatic carbocycles. The maximum Gasteiger partial charge on any atom is 0.219 e. The summed E-state index contributed by atoms with van der Waals surface area (Å²) < 4.78 is 0. The SMILES string of the molecule is CCCCCCCCCCCCCC(=O)NCCCN1CCN(CCO)CC1. The van der Waals surface area contributed by atoms with Crippen molar-refractivity contribution in [1.29, 1.82) is 0 Å². The van der Waals surface area contributed by atoms with Crippen LogP contribution >= 0.6 is 0 Å². The topological polar surface area (TPSA) is 55.8 Å². The molecule has 1 aliphatic rings. The predicted molar refractivity (Wildman–Crippen MR) is 119 cm³/mol. The summed E-state index contributed by atoms with van der Waals surface area (Å²) in [6, 6.07) is 0. The molecule has 1 rings (SSSR count). The monoisotopic (exact) mass is 397 g/mol.